The lowest BCUT2D eigenvalue weighted by Gasteiger charge is -2.51. The van der Waals surface area contributed by atoms with Crippen molar-refractivity contribution < 1.29 is 19.1 Å². The van der Waals surface area contributed by atoms with E-state index in [4.69, 9.17) is 4.74 Å². The smallest absolute Gasteiger partial charge is 0.328 e. The fourth-order valence-corrected chi connectivity index (χ4v) is 3.20. The molecule has 1 fully saturated rings. The molecule has 3 atom stereocenters. The summed E-state index contributed by atoms with van der Waals surface area (Å²) in [4.78, 5) is 34.2. The van der Waals surface area contributed by atoms with Crippen LogP contribution in [0, 0.1) is 17.3 Å². The van der Waals surface area contributed by atoms with Gasteiger partial charge in [0.15, 0.2) is 0 Å². The van der Waals surface area contributed by atoms with E-state index in [0.29, 0.717) is 12.3 Å². The Labute approximate surface area is 120 Å². The number of ketones is 1. The predicted octanol–water partition coefficient (Wildman–Crippen LogP) is 1.70. The molecular formula is C15H25NO4. The van der Waals surface area contributed by atoms with Gasteiger partial charge >= 0.3 is 5.97 Å². The third-order valence-corrected chi connectivity index (χ3v) is 4.63. The molecule has 5 heteroatoms. The number of methoxy groups -OCH3 is 1. The number of Topliss-reactive ketones (excluding diaryl/α,β-unsaturated/α-hetero) is 1. The van der Waals surface area contributed by atoms with Gasteiger partial charge in [-0.05, 0) is 37.5 Å². The van der Waals surface area contributed by atoms with Crippen LogP contribution in [-0.4, -0.2) is 30.8 Å². The highest BCUT2D eigenvalue weighted by atomic mass is 16.5. The van der Waals surface area contributed by atoms with Crippen LogP contribution in [0.4, 0.5) is 0 Å². The highest BCUT2D eigenvalue weighted by Crippen LogP contribution is 2.53. The lowest BCUT2D eigenvalue weighted by atomic mass is 9.52. The van der Waals surface area contributed by atoms with Crippen molar-refractivity contribution in [2.24, 2.45) is 17.3 Å². The van der Waals surface area contributed by atoms with Crippen molar-refractivity contribution in [1.82, 2.24) is 5.32 Å². The zero-order valence-electron chi connectivity index (χ0n) is 13.0. The van der Waals surface area contributed by atoms with E-state index in [2.05, 4.69) is 19.2 Å². The summed E-state index contributed by atoms with van der Waals surface area (Å²) in [5.74, 6) is 0.0927. The van der Waals surface area contributed by atoms with E-state index in [1.54, 1.807) is 6.92 Å². The third kappa shape index (κ3) is 3.58. The first-order valence-corrected chi connectivity index (χ1v) is 7.05. The molecule has 114 valence electrons. The van der Waals surface area contributed by atoms with Crippen molar-refractivity contribution in [3.63, 3.8) is 0 Å². The van der Waals surface area contributed by atoms with Crippen LogP contribution in [0.3, 0.4) is 0 Å². The van der Waals surface area contributed by atoms with Crippen LogP contribution in [0.2, 0.25) is 0 Å². The fourth-order valence-electron chi connectivity index (χ4n) is 3.20. The lowest BCUT2D eigenvalue weighted by molar-refractivity contribution is -0.146. The summed E-state index contributed by atoms with van der Waals surface area (Å²) in [5.41, 5.74) is -0.0251. The molecule has 0 spiro atoms. The largest absolute Gasteiger partial charge is 0.467 e. The third-order valence-electron chi connectivity index (χ3n) is 4.63. The normalized spacial score (nSPS) is 25.2. The average molecular weight is 283 g/mol. The van der Waals surface area contributed by atoms with Crippen LogP contribution >= 0.6 is 0 Å². The molecule has 0 aromatic carbocycles. The first-order chi connectivity index (χ1) is 9.20. The van der Waals surface area contributed by atoms with Gasteiger partial charge in [0.05, 0.1) is 7.11 Å². The Morgan fingerprint density at radius 3 is 2.30 bits per heavy atom. The van der Waals surface area contributed by atoms with Crippen LogP contribution < -0.4 is 5.32 Å². The number of carbonyl (C=O) groups is 3. The Kier molecular flexibility index (Phi) is 5.31. The molecule has 0 unspecified atom stereocenters. The molecular weight excluding hydrogens is 258 g/mol. The average Bonchev–Trinajstić information content (AvgIpc) is 2.34. The Balaban J connectivity index is 2.55. The zero-order valence-corrected chi connectivity index (χ0v) is 13.0. The molecule has 1 N–H and O–H groups in total. The maximum absolute atomic E-state index is 11.6. The van der Waals surface area contributed by atoms with Crippen molar-refractivity contribution in [3.05, 3.63) is 0 Å². The quantitative estimate of drug-likeness (QED) is 0.753. The predicted molar refractivity (Wildman–Crippen MR) is 74.9 cm³/mol. The molecule has 1 saturated carbocycles. The Bertz CT molecular complexity index is 403. The van der Waals surface area contributed by atoms with Crippen molar-refractivity contribution in [2.75, 3.05) is 7.11 Å². The van der Waals surface area contributed by atoms with Gasteiger partial charge in [0.2, 0.25) is 5.91 Å². The molecule has 0 bridgehead atoms. The maximum atomic E-state index is 11.6. The molecule has 1 aliphatic carbocycles. The number of hydrogen-bond acceptors (Lipinski definition) is 4. The van der Waals surface area contributed by atoms with Crippen LogP contribution in [0.25, 0.3) is 0 Å². The Morgan fingerprint density at radius 1 is 1.30 bits per heavy atom. The van der Waals surface area contributed by atoms with Crippen molar-refractivity contribution >= 4 is 17.7 Å². The van der Waals surface area contributed by atoms with Gasteiger partial charge in [-0.3, -0.25) is 9.59 Å². The standard InChI is InChI=1S/C15H25NO4/c1-9(17)12-8-11(15(12,3)4)6-7-13(14(19)20-5)16-10(2)18/h11-13H,6-8H2,1-5H3,(H,16,18)/t11-,12-,13+/m0/s1. The minimum Gasteiger partial charge on any atom is -0.467 e. The lowest BCUT2D eigenvalue weighted by Crippen LogP contribution is -2.49. The molecule has 0 aliphatic heterocycles. The number of rotatable bonds is 6. The van der Waals surface area contributed by atoms with E-state index in [1.165, 1.54) is 14.0 Å². The monoisotopic (exact) mass is 283 g/mol. The van der Waals surface area contributed by atoms with E-state index in [0.717, 1.165) is 12.8 Å². The summed E-state index contributed by atoms with van der Waals surface area (Å²) < 4.78 is 4.70. The molecule has 20 heavy (non-hydrogen) atoms. The van der Waals surface area contributed by atoms with Crippen LogP contribution in [0.5, 0.6) is 0 Å². The van der Waals surface area contributed by atoms with Gasteiger partial charge < -0.3 is 10.1 Å². The van der Waals surface area contributed by atoms with Gasteiger partial charge in [-0.1, -0.05) is 13.8 Å². The minimum absolute atomic E-state index is 0.0251. The molecule has 1 amide bonds. The summed E-state index contributed by atoms with van der Waals surface area (Å²) in [6.07, 6.45) is 2.22. The second-order valence-electron chi connectivity index (χ2n) is 6.27. The summed E-state index contributed by atoms with van der Waals surface area (Å²) in [7, 11) is 1.32. The number of ether oxygens (including phenoxy) is 1. The van der Waals surface area contributed by atoms with Gasteiger partial charge in [-0.25, -0.2) is 4.79 Å². The minimum atomic E-state index is -0.593. The van der Waals surface area contributed by atoms with E-state index in [-0.39, 0.29) is 23.0 Å². The van der Waals surface area contributed by atoms with E-state index >= 15 is 0 Å². The number of esters is 1. The molecule has 0 aromatic heterocycles. The Morgan fingerprint density at radius 2 is 1.90 bits per heavy atom. The highest BCUT2D eigenvalue weighted by molar-refractivity contribution is 5.83. The fraction of sp³-hybridized carbons (Fsp3) is 0.800. The summed E-state index contributed by atoms with van der Waals surface area (Å²) >= 11 is 0. The molecule has 0 radical (unpaired) electrons. The van der Waals surface area contributed by atoms with Gasteiger partial charge in [-0.15, -0.1) is 0 Å². The first kappa shape index (κ1) is 16.7. The van der Waals surface area contributed by atoms with Gasteiger partial charge in [0.25, 0.3) is 0 Å². The number of carbonyl (C=O) groups excluding carboxylic acids is 3. The molecule has 1 rings (SSSR count). The number of amides is 1. The first-order valence-electron chi connectivity index (χ1n) is 7.05. The molecule has 5 nitrogen and oxygen atoms in total. The highest BCUT2D eigenvalue weighted by Gasteiger charge is 2.49. The van der Waals surface area contributed by atoms with Crippen molar-refractivity contribution in [3.8, 4) is 0 Å². The van der Waals surface area contributed by atoms with E-state index in [9.17, 15) is 14.4 Å². The van der Waals surface area contributed by atoms with Gasteiger partial charge in [-0.2, -0.15) is 0 Å². The van der Waals surface area contributed by atoms with Gasteiger partial charge in [0.1, 0.15) is 11.8 Å². The maximum Gasteiger partial charge on any atom is 0.328 e. The van der Waals surface area contributed by atoms with E-state index < -0.39 is 12.0 Å². The molecule has 0 aromatic rings. The van der Waals surface area contributed by atoms with Crippen molar-refractivity contribution in [1.29, 1.82) is 0 Å². The second-order valence-corrected chi connectivity index (χ2v) is 6.27. The number of hydrogen-bond donors (Lipinski definition) is 1. The molecule has 0 saturated heterocycles. The Hall–Kier alpha value is -1.39. The number of nitrogens with one attached hydrogen (secondary N) is 1. The SMILES string of the molecule is COC(=O)[C@@H](CC[C@H]1C[C@@H](C(C)=O)C1(C)C)NC(C)=O. The summed E-state index contributed by atoms with van der Waals surface area (Å²) in [5, 5.41) is 2.62. The zero-order chi connectivity index (χ0) is 15.5. The van der Waals surface area contributed by atoms with Gasteiger partial charge in [0, 0.05) is 12.8 Å². The van der Waals surface area contributed by atoms with Crippen LogP contribution in [0.15, 0.2) is 0 Å². The van der Waals surface area contributed by atoms with Crippen LogP contribution in [0.1, 0.15) is 47.0 Å². The topological polar surface area (TPSA) is 72.5 Å². The summed E-state index contributed by atoms with van der Waals surface area (Å²) in [6, 6.07) is -0.593. The van der Waals surface area contributed by atoms with E-state index in [1.807, 2.05) is 0 Å². The van der Waals surface area contributed by atoms with Crippen LogP contribution in [-0.2, 0) is 19.1 Å². The summed E-state index contributed by atoms with van der Waals surface area (Å²) in [6.45, 7) is 7.21. The molecule has 1 aliphatic rings. The molecule has 0 heterocycles. The second kappa shape index (κ2) is 6.37. The van der Waals surface area contributed by atoms with Crippen molar-refractivity contribution in [2.45, 2.75) is 53.0 Å².